The second-order valence-electron chi connectivity index (χ2n) is 7.43. The molecule has 3 rings (SSSR count). The summed E-state index contributed by atoms with van der Waals surface area (Å²) < 4.78 is 31.0. The van der Waals surface area contributed by atoms with Crippen molar-refractivity contribution in [1.82, 2.24) is 14.9 Å². The van der Waals surface area contributed by atoms with Crippen molar-refractivity contribution >= 4 is 12.0 Å². The van der Waals surface area contributed by atoms with Gasteiger partial charge in [-0.3, -0.25) is 4.79 Å². The van der Waals surface area contributed by atoms with Gasteiger partial charge in [-0.05, 0) is 32.9 Å². The Labute approximate surface area is 179 Å². The first kappa shape index (κ1) is 22.3. The first-order valence-electron chi connectivity index (χ1n) is 9.96. The standard InChI is InChI=1S/C21H25FN4O5/c1-12(2)29-21(28)26-9-7-14(8-10-26)30-19-13(3)20(25-11-24-19)31-17-15(18(23)27)5-4-6-16(17)22/h4-6,11-12,14H,7-10H2,1-3H3,(H2,23,27). The van der Waals surface area contributed by atoms with Crippen molar-refractivity contribution in [2.45, 2.75) is 45.8 Å². The molecule has 0 radical (unpaired) electrons. The van der Waals surface area contributed by atoms with Crippen LogP contribution in [0.4, 0.5) is 9.18 Å². The number of carbonyl (C=O) groups excluding carboxylic acids is 2. The smallest absolute Gasteiger partial charge is 0.410 e. The van der Waals surface area contributed by atoms with Crippen LogP contribution >= 0.6 is 0 Å². The number of para-hydroxylation sites is 1. The largest absolute Gasteiger partial charge is 0.474 e. The number of halogens is 1. The number of primary amides is 1. The Kier molecular flexibility index (Phi) is 6.88. The van der Waals surface area contributed by atoms with Crippen LogP contribution in [0, 0.1) is 12.7 Å². The number of carbonyl (C=O) groups is 2. The predicted molar refractivity (Wildman–Crippen MR) is 109 cm³/mol. The number of nitrogens with two attached hydrogens (primary N) is 1. The molecule has 1 aliphatic rings. The minimum absolute atomic E-state index is 0.0514. The number of ether oxygens (including phenoxy) is 3. The van der Waals surface area contributed by atoms with E-state index in [9.17, 15) is 14.0 Å². The molecule has 2 heterocycles. The zero-order valence-corrected chi connectivity index (χ0v) is 17.6. The lowest BCUT2D eigenvalue weighted by molar-refractivity contribution is 0.0505. The van der Waals surface area contributed by atoms with E-state index in [0.717, 1.165) is 6.07 Å². The second kappa shape index (κ2) is 9.59. The Hall–Kier alpha value is -3.43. The molecule has 0 saturated carbocycles. The van der Waals surface area contributed by atoms with Crippen molar-refractivity contribution in [3.8, 4) is 17.5 Å². The molecule has 0 aliphatic carbocycles. The molecule has 1 saturated heterocycles. The van der Waals surface area contributed by atoms with Crippen molar-refractivity contribution in [1.29, 1.82) is 0 Å². The topological polar surface area (TPSA) is 117 Å². The Balaban J connectivity index is 1.69. The molecule has 2 N–H and O–H groups in total. The molecule has 0 spiro atoms. The summed E-state index contributed by atoms with van der Waals surface area (Å²) in [7, 11) is 0. The van der Waals surface area contributed by atoms with Crippen LogP contribution in [0.5, 0.6) is 17.5 Å². The molecule has 0 unspecified atom stereocenters. The van der Waals surface area contributed by atoms with Crippen LogP contribution in [0.25, 0.3) is 0 Å². The summed E-state index contributed by atoms with van der Waals surface area (Å²) in [6, 6.07) is 3.90. The van der Waals surface area contributed by atoms with E-state index in [2.05, 4.69) is 9.97 Å². The van der Waals surface area contributed by atoms with Crippen LogP contribution in [0.2, 0.25) is 0 Å². The van der Waals surface area contributed by atoms with Gasteiger partial charge in [-0.15, -0.1) is 0 Å². The monoisotopic (exact) mass is 432 g/mol. The SMILES string of the molecule is Cc1c(Oc2c(F)cccc2C(N)=O)ncnc1OC1CCN(C(=O)OC(C)C)CC1. The molecule has 1 fully saturated rings. The molecule has 2 amide bonds. The van der Waals surface area contributed by atoms with Gasteiger partial charge in [0, 0.05) is 25.9 Å². The third kappa shape index (κ3) is 5.39. The highest BCUT2D eigenvalue weighted by Crippen LogP contribution is 2.32. The molecule has 0 bridgehead atoms. The molecular formula is C21H25FN4O5. The average Bonchev–Trinajstić information content (AvgIpc) is 2.72. The van der Waals surface area contributed by atoms with Crippen molar-refractivity contribution in [2.24, 2.45) is 5.73 Å². The lowest BCUT2D eigenvalue weighted by atomic mass is 10.1. The van der Waals surface area contributed by atoms with E-state index in [4.69, 9.17) is 19.9 Å². The van der Waals surface area contributed by atoms with Gasteiger partial charge in [0.15, 0.2) is 11.6 Å². The molecule has 10 heteroatoms. The van der Waals surface area contributed by atoms with Gasteiger partial charge < -0.3 is 24.8 Å². The highest BCUT2D eigenvalue weighted by atomic mass is 19.1. The Morgan fingerprint density at radius 1 is 1.19 bits per heavy atom. The number of aromatic nitrogens is 2. The quantitative estimate of drug-likeness (QED) is 0.745. The number of hydrogen-bond donors (Lipinski definition) is 1. The normalized spacial score (nSPS) is 14.4. The maximum absolute atomic E-state index is 14.2. The fourth-order valence-electron chi connectivity index (χ4n) is 3.13. The van der Waals surface area contributed by atoms with Gasteiger partial charge in [0.25, 0.3) is 5.91 Å². The number of piperidine rings is 1. The lowest BCUT2D eigenvalue weighted by Crippen LogP contribution is -2.42. The molecule has 31 heavy (non-hydrogen) atoms. The second-order valence-corrected chi connectivity index (χ2v) is 7.43. The van der Waals surface area contributed by atoms with Crippen LogP contribution in [0.15, 0.2) is 24.5 Å². The number of hydrogen-bond acceptors (Lipinski definition) is 7. The van der Waals surface area contributed by atoms with E-state index in [1.807, 2.05) is 0 Å². The van der Waals surface area contributed by atoms with Gasteiger partial charge >= 0.3 is 6.09 Å². The van der Waals surface area contributed by atoms with Crippen LogP contribution in [-0.2, 0) is 4.74 Å². The van der Waals surface area contributed by atoms with Gasteiger partial charge in [0.05, 0.1) is 17.2 Å². The van der Waals surface area contributed by atoms with Gasteiger partial charge in [-0.1, -0.05) is 6.07 Å². The third-order valence-electron chi connectivity index (χ3n) is 4.74. The van der Waals surface area contributed by atoms with E-state index in [1.54, 1.807) is 25.7 Å². The van der Waals surface area contributed by atoms with Crippen molar-refractivity contribution in [3.63, 3.8) is 0 Å². The number of benzene rings is 1. The number of likely N-dealkylation sites (tertiary alicyclic amines) is 1. The molecule has 0 atom stereocenters. The minimum Gasteiger partial charge on any atom is -0.474 e. The minimum atomic E-state index is -0.819. The summed E-state index contributed by atoms with van der Waals surface area (Å²) in [5.74, 6) is -1.53. The molecule has 1 aromatic heterocycles. The Morgan fingerprint density at radius 3 is 2.52 bits per heavy atom. The van der Waals surface area contributed by atoms with E-state index < -0.39 is 11.7 Å². The van der Waals surface area contributed by atoms with Crippen LogP contribution in [-0.4, -0.2) is 52.2 Å². The summed E-state index contributed by atoms with van der Waals surface area (Å²) in [6.45, 7) is 6.28. The maximum Gasteiger partial charge on any atom is 0.410 e. The fourth-order valence-corrected chi connectivity index (χ4v) is 3.13. The lowest BCUT2D eigenvalue weighted by Gasteiger charge is -2.31. The summed E-state index contributed by atoms with van der Waals surface area (Å²) in [5.41, 5.74) is 5.66. The summed E-state index contributed by atoms with van der Waals surface area (Å²) in [4.78, 5) is 33.4. The van der Waals surface area contributed by atoms with Crippen LogP contribution in [0.3, 0.4) is 0 Å². The zero-order valence-electron chi connectivity index (χ0n) is 17.6. The fraction of sp³-hybridized carbons (Fsp3) is 0.429. The van der Waals surface area contributed by atoms with Crippen LogP contribution in [0.1, 0.15) is 42.6 Å². The first-order valence-corrected chi connectivity index (χ1v) is 9.96. The molecule has 1 aromatic carbocycles. The molecular weight excluding hydrogens is 407 g/mol. The van der Waals surface area contributed by atoms with Crippen molar-refractivity contribution < 1.29 is 28.2 Å². The van der Waals surface area contributed by atoms with E-state index in [1.165, 1.54) is 18.5 Å². The van der Waals surface area contributed by atoms with Crippen LogP contribution < -0.4 is 15.2 Å². The Morgan fingerprint density at radius 2 is 1.87 bits per heavy atom. The predicted octanol–water partition coefficient (Wildman–Crippen LogP) is 3.20. The van der Waals surface area contributed by atoms with Gasteiger partial charge in [0.2, 0.25) is 11.8 Å². The first-order chi connectivity index (χ1) is 14.8. The highest BCUT2D eigenvalue weighted by Gasteiger charge is 2.27. The zero-order chi connectivity index (χ0) is 22.5. The van der Waals surface area contributed by atoms with E-state index in [0.29, 0.717) is 31.5 Å². The molecule has 9 nitrogen and oxygen atoms in total. The van der Waals surface area contributed by atoms with E-state index in [-0.39, 0.29) is 41.4 Å². The third-order valence-corrected chi connectivity index (χ3v) is 4.74. The average molecular weight is 432 g/mol. The highest BCUT2D eigenvalue weighted by molar-refractivity contribution is 5.95. The molecule has 2 aromatic rings. The van der Waals surface area contributed by atoms with Gasteiger partial charge in [-0.25, -0.2) is 19.2 Å². The Bertz CT molecular complexity index is 961. The number of amides is 2. The number of nitrogens with zero attached hydrogens (tertiary/aromatic N) is 3. The molecule has 1 aliphatic heterocycles. The van der Waals surface area contributed by atoms with Crippen molar-refractivity contribution in [2.75, 3.05) is 13.1 Å². The summed E-state index contributed by atoms with van der Waals surface area (Å²) in [6.07, 6.45) is 1.76. The van der Waals surface area contributed by atoms with Gasteiger partial charge in [-0.2, -0.15) is 0 Å². The summed E-state index contributed by atoms with van der Waals surface area (Å²) >= 11 is 0. The summed E-state index contributed by atoms with van der Waals surface area (Å²) in [5, 5.41) is 0. The maximum atomic E-state index is 14.2. The van der Waals surface area contributed by atoms with E-state index >= 15 is 0 Å². The van der Waals surface area contributed by atoms with Gasteiger partial charge in [0.1, 0.15) is 12.4 Å². The number of rotatable bonds is 6. The molecule has 166 valence electrons. The van der Waals surface area contributed by atoms with Crippen molar-refractivity contribution in [3.05, 3.63) is 41.5 Å².